The summed E-state index contributed by atoms with van der Waals surface area (Å²) in [5, 5.41) is 10.5. The van der Waals surface area contributed by atoms with E-state index in [1.165, 1.54) is 154 Å². The monoisotopic (exact) mass is 1280 g/mol. The molecular formula is C68H132O17P2. The Balaban J connectivity index is 5.17. The van der Waals surface area contributed by atoms with Crippen molar-refractivity contribution in [3.63, 3.8) is 0 Å². The standard InChI is InChI=1S/C68H132O17P2/c1-7-10-12-14-15-16-17-18-19-20-21-22-29-34-40-46-52-67(72)85-64(57-79-66(71)51-45-39-33-28-24-23-27-32-38-43-49-61(6)9-3)59-83-87(76,77)81-55-62(69)54-80-86(74,75)82-58-63(56-78-65(70)50-44-36-13-11-8-2)84-68(73)53-47-41-35-30-25-26-31-37-42-48-60(4)5/h60-64,69H,7-59H2,1-6H3,(H,74,75)(H,76,77)/t61?,62-,63+,64+/m0/s1. The van der Waals surface area contributed by atoms with Crippen molar-refractivity contribution < 1.29 is 80.2 Å². The van der Waals surface area contributed by atoms with E-state index in [1.54, 1.807) is 0 Å². The van der Waals surface area contributed by atoms with Crippen LogP contribution in [-0.2, 0) is 65.4 Å². The third kappa shape index (κ3) is 61.3. The molecule has 0 fully saturated rings. The predicted molar refractivity (Wildman–Crippen MR) is 349 cm³/mol. The van der Waals surface area contributed by atoms with Crippen LogP contribution in [0, 0.1) is 11.8 Å². The quantitative estimate of drug-likeness (QED) is 0.0222. The minimum atomic E-state index is -4.95. The first-order valence-electron chi connectivity index (χ1n) is 35.5. The minimum absolute atomic E-state index is 0.104. The van der Waals surface area contributed by atoms with Gasteiger partial charge in [-0.3, -0.25) is 37.3 Å². The van der Waals surface area contributed by atoms with E-state index < -0.39 is 97.5 Å². The highest BCUT2D eigenvalue weighted by molar-refractivity contribution is 7.47. The molecular weight excluding hydrogens is 1150 g/mol. The van der Waals surface area contributed by atoms with E-state index in [-0.39, 0.29) is 25.7 Å². The molecule has 0 amide bonds. The number of rotatable bonds is 67. The van der Waals surface area contributed by atoms with Crippen LogP contribution in [0.2, 0.25) is 0 Å². The third-order valence-electron chi connectivity index (χ3n) is 16.1. The Kier molecular flexibility index (Phi) is 59.0. The fraction of sp³-hybridized carbons (Fsp3) is 0.941. The molecule has 0 bridgehead atoms. The number of unbranched alkanes of at least 4 members (excludes halogenated alkanes) is 36. The predicted octanol–water partition coefficient (Wildman–Crippen LogP) is 19.2. The van der Waals surface area contributed by atoms with Crippen molar-refractivity contribution in [2.75, 3.05) is 39.6 Å². The first kappa shape index (κ1) is 85.1. The lowest BCUT2D eigenvalue weighted by Gasteiger charge is -2.21. The van der Waals surface area contributed by atoms with Gasteiger partial charge in [0.1, 0.15) is 19.3 Å². The summed E-state index contributed by atoms with van der Waals surface area (Å²) in [6.07, 6.45) is 44.7. The summed E-state index contributed by atoms with van der Waals surface area (Å²) in [6.45, 7) is 9.45. The fourth-order valence-electron chi connectivity index (χ4n) is 10.2. The van der Waals surface area contributed by atoms with Crippen LogP contribution >= 0.6 is 15.6 Å². The summed E-state index contributed by atoms with van der Waals surface area (Å²) in [7, 11) is -9.89. The normalized spacial score (nSPS) is 14.5. The van der Waals surface area contributed by atoms with E-state index in [4.69, 9.17) is 37.0 Å². The Hall–Kier alpha value is -1.94. The second-order valence-electron chi connectivity index (χ2n) is 25.3. The molecule has 0 rings (SSSR count). The number of esters is 4. The van der Waals surface area contributed by atoms with Gasteiger partial charge >= 0.3 is 39.5 Å². The van der Waals surface area contributed by atoms with E-state index in [2.05, 4.69) is 41.5 Å². The average molecular weight is 1280 g/mol. The molecule has 0 aromatic heterocycles. The smallest absolute Gasteiger partial charge is 0.462 e. The van der Waals surface area contributed by atoms with Gasteiger partial charge in [0, 0.05) is 25.7 Å². The van der Waals surface area contributed by atoms with E-state index in [0.29, 0.717) is 25.7 Å². The number of carbonyl (C=O) groups is 4. The second kappa shape index (κ2) is 60.3. The molecule has 0 aliphatic carbocycles. The van der Waals surface area contributed by atoms with Crippen LogP contribution < -0.4 is 0 Å². The maximum absolute atomic E-state index is 13.0. The van der Waals surface area contributed by atoms with Gasteiger partial charge in [-0.2, -0.15) is 0 Å². The molecule has 0 heterocycles. The number of hydrogen-bond acceptors (Lipinski definition) is 15. The lowest BCUT2D eigenvalue weighted by molar-refractivity contribution is -0.161. The molecule has 0 spiro atoms. The van der Waals surface area contributed by atoms with Gasteiger partial charge in [0.05, 0.1) is 26.4 Å². The van der Waals surface area contributed by atoms with Gasteiger partial charge < -0.3 is 33.8 Å². The number of aliphatic hydroxyl groups excluding tert-OH is 1. The van der Waals surface area contributed by atoms with Crippen LogP contribution in [0.15, 0.2) is 0 Å². The highest BCUT2D eigenvalue weighted by Crippen LogP contribution is 2.45. The molecule has 0 aromatic carbocycles. The van der Waals surface area contributed by atoms with Gasteiger partial charge in [-0.25, -0.2) is 9.13 Å². The van der Waals surface area contributed by atoms with Crippen molar-refractivity contribution in [3.05, 3.63) is 0 Å². The third-order valence-corrected chi connectivity index (χ3v) is 18.0. The molecule has 6 atom stereocenters. The molecule has 0 saturated heterocycles. The van der Waals surface area contributed by atoms with Gasteiger partial charge in [0.25, 0.3) is 0 Å². The lowest BCUT2D eigenvalue weighted by Crippen LogP contribution is -2.30. The summed E-state index contributed by atoms with van der Waals surface area (Å²) in [4.78, 5) is 72.2. The van der Waals surface area contributed by atoms with Crippen molar-refractivity contribution in [1.82, 2.24) is 0 Å². The first-order chi connectivity index (χ1) is 41.9. The number of aliphatic hydroxyl groups is 1. The zero-order valence-electron chi connectivity index (χ0n) is 56.3. The SMILES string of the molecule is CCCCCCCCCCCCCCCCCCC(=O)O[C@H](COC(=O)CCCCCCCCCCCCC(C)CC)COP(=O)(O)OC[C@@H](O)COP(=O)(O)OC[C@@H](COC(=O)CCCCCCC)OC(=O)CCCCCCCCCCCC(C)C. The van der Waals surface area contributed by atoms with Crippen LogP contribution in [0.5, 0.6) is 0 Å². The second-order valence-corrected chi connectivity index (χ2v) is 28.2. The van der Waals surface area contributed by atoms with E-state index in [9.17, 15) is 43.2 Å². The Labute approximate surface area is 530 Å². The van der Waals surface area contributed by atoms with Crippen LogP contribution in [0.3, 0.4) is 0 Å². The summed E-state index contributed by atoms with van der Waals surface area (Å²) < 4.78 is 68.0. The highest BCUT2D eigenvalue weighted by atomic mass is 31.2. The zero-order valence-corrected chi connectivity index (χ0v) is 58.1. The number of phosphoric ester groups is 2. The van der Waals surface area contributed by atoms with Crippen LogP contribution in [0.1, 0.15) is 343 Å². The van der Waals surface area contributed by atoms with Gasteiger partial charge in [0.2, 0.25) is 0 Å². The van der Waals surface area contributed by atoms with Crippen LogP contribution in [0.25, 0.3) is 0 Å². The molecule has 3 N–H and O–H groups in total. The number of ether oxygens (including phenoxy) is 4. The Bertz CT molecular complexity index is 1700. The molecule has 0 radical (unpaired) electrons. The molecule has 19 heteroatoms. The van der Waals surface area contributed by atoms with E-state index >= 15 is 0 Å². The fourth-order valence-corrected chi connectivity index (χ4v) is 11.8. The number of hydrogen-bond donors (Lipinski definition) is 3. The molecule has 516 valence electrons. The zero-order chi connectivity index (χ0) is 64.3. The first-order valence-corrected chi connectivity index (χ1v) is 38.5. The van der Waals surface area contributed by atoms with Crippen molar-refractivity contribution in [1.29, 1.82) is 0 Å². The van der Waals surface area contributed by atoms with Crippen molar-refractivity contribution in [2.45, 2.75) is 362 Å². The molecule has 0 saturated carbocycles. The highest BCUT2D eigenvalue weighted by Gasteiger charge is 2.30. The number of phosphoric acid groups is 2. The molecule has 0 aliphatic rings. The summed E-state index contributed by atoms with van der Waals surface area (Å²) in [5.41, 5.74) is 0. The van der Waals surface area contributed by atoms with Crippen molar-refractivity contribution in [2.24, 2.45) is 11.8 Å². The maximum Gasteiger partial charge on any atom is 0.472 e. The summed E-state index contributed by atoms with van der Waals surface area (Å²) in [5.74, 6) is -0.591. The largest absolute Gasteiger partial charge is 0.472 e. The van der Waals surface area contributed by atoms with Gasteiger partial charge in [-0.05, 0) is 37.5 Å². The molecule has 0 aromatic rings. The van der Waals surface area contributed by atoms with Crippen molar-refractivity contribution >= 4 is 39.5 Å². The summed E-state index contributed by atoms with van der Waals surface area (Å²) >= 11 is 0. The maximum atomic E-state index is 13.0. The van der Waals surface area contributed by atoms with E-state index in [0.717, 1.165) is 108 Å². The molecule has 87 heavy (non-hydrogen) atoms. The van der Waals surface area contributed by atoms with Crippen molar-refractivity contribution in [3.8, 4) is 0 Å². The van der Waals surface area contributed by atoms with Gasteiger partial charge in [-0.1, -0.05) is 292 Å². The number of carbonyl (C=O) groups excluding carboxylic acids is 4. The molecule has 17 nitrogen and oxygen atoms in total. The van der Waals surface area contributed by atoms with E-state index in [1.807, 2.05) is 0 Å². The Morgan fingerprint density at radius 3 is 0.874 bits per heavy atom. The lowest BCUT2D eigenvalue weighted by atomic mass is 9.99. The molecule has 3 unspecified atom stereocenters. The summed E-state index contributed by atoms with van der Waals surface area (Å²) in [6, 6.07) is 0. The van der Waals surface area contributed by atoms with Gasteiger partial charge in [0.15, 0.2) is 12.2 Å². The van der Waals surface area contributed by atoms with Crippen LogP contribution in [0.4, 0.5) is 0 Å². The minimum Gasteiger partial charge on any atom is -0.462 e. The molecule has 0 aliphatic heterocycles. The topological polar surface area (TPSA) is 237 Å². The van der Waals surface area contributed by atoms with Crippen LogP contribution in [-0.4, -0.2) is 96.7 Å². The Morgan fingerprint density at radius 2 is 0.586 bits per heavy atom. The Morgan fingerprint density at radius 1 is 0.333 bits per heavy atom. The average Bonchev–Trinajstić information content (AvgIpc) is 3.52. The van der Waals surface area contributed by atoms with Gasteiger partial charge in [-0.15, -0.1) is 0 Å².